The fourth-order valence-electron chi connectivity index (χ4n) is 7.79. The molecule has 2 aromatic rings. The number of benzene rings is 2. The highest BCUT2D eigenvalue weighted by atomic mass is 35.5. The molecule has 4 heteroatoms. The average Bonchev–Trinajstić information content (AvgIpc) is 2.70. The summed E-state index contributed by atoms with van der Waals surface area (Å²) in [5.74, 6) is 2.20. The Morgan fingerprint density at radius 2 is 1.66 bits per heavy atom. The molecule has 0 heterocycles. The van der Waals surface area contributed by atoms with E-state index in [1.807, 2.05) is 6.07 Å². The molecule has 32 heavy (non-hydrogen) atoms. The average molecular weight is 454 g/mol. The highest BCUT2D eigenvalue weighted by molar-refractivity contribution is 6.32. The molecule has 6 rings (SSSR count). The Morgan fingerprint density at radius 1 is 0.969 bits per heavy atom. The molecule has 4 aliphatic rings. The van der Waals surface area contributed by atoms with E-state index in [0.717, 1.165) is 23.6 Å². The molecular formula is C28H36ClNO2. The van der Waals surface area contributed by atoms with Crippen LogP contribution in [0.3, 0.4) is 0 Å². The largest absolute Gasteiger partial charge is 0.493 e. The number of aryl methyl sites for hydroxylation is 1. The highest BCUT2D eigenvalue weighted by Crippen LogP contribution is 2.66. The molecule has 1 N–H and O–H groups in total. The topological polar surface area (TPSA) is 30.5 Å². The zero-order valence-electron chi connectivity index (χ0n) is 19.9. The minimum absolute atomic E-state index is 0.267. The molecule has 0 aliphatic heterocycles. The van der Waals surface area contributed by atoms with Crippen LogP contribution in [0.5, 0.6) is 11.5 Å². The third kappa shape index (κ3) is 4.26. The second-order valence-electron chi connectivity index (χ2n) is 11.6. The van der Waals surface area contributed by atoms with Crippen molar-refractivity contribution in [1.82, 2.24) is 5.32 Å². The molecule has 4 fully saturated rings. The van der Waals surface area contributed by atoms with Gasteiger partial charge in [0.05, 0.1) is 12.1 Å². The van der Waals surface area contributed by atoms with Crippen LogP contribution in [0.25, 0.3) is 0 Å². The molecule has 0 spiro atoms. The van der Waals surface area contributed by atoms with Gasteiger partial charge in [0.15, 0.2) is 11.5 Å². The Kier molecular flexibility index (Phi) is 5.49. The predicted molar refractivity (Wildman–Crippen MR) is 130 cm³/mol. The van der Waals surface area contributed by atoms with Gasteiger partial charge in [-0.05, 0) is 85.5 Å². The number of rotatable bonds is 7. The van der Waals surface area contributed by atoms with Crippen LogP contribution in [0.1, 0.15) is 69.1 Å². The van der Waals surface area contributed by atoms with E-state index in [0.29, 0.717) is 34.0 Å². The van der Waals surface area contributed by atoms with Crippen molar-refractivity contribution in [2.75, 3.05) is 7.11 Å². The van der Waals surface area contributed by atoms with Crippen LogP contribution in [0.15, 0.2) is 36.4 Å². The van der Waals surface area contributed by atoms with Crippen molar-refractivity contribution < 1.29 is 9.47 Å². The fraction of sp³-hybridized carbons (Fsp3) is 0.571. The number of hydrogen-bond acceptors (Lipinski definition) is 3. The van der Waals surface area contributed by atoms with Gasteiger partial charge in [-0.1, -0.05) is 55.3 Å². The van der Waals surface area contributed by atoms with Crippen LogP contribution in [-0.4, -0.2) is 12.6 Å². The first kappa shape index (κ1) is 22.1. The molecule has 2 aromatic carbocycles. The Hall–Kier alpha value is -1.71. The molecule has 0 saturated heterocycles. The standard InChI is InChI=1S/C28H36ClNO2/c1-19-5-7-20(8-6-19)15-32-25-23(29)9-21(10-24(25)31-4)14-30-28-13-22-11-26(2,17-28)16-27(3,12-22)18-28/h5-10,22,30H,11-18H2,1-4H3/t22?,26-,27+,28?. The maximum absolute atomic E-state index is 6.67. The molecule has 0 aromatic heterocycles. The van der Waals surface area contributed by atoms with Crippen LogP contribution >= 0.6 is 11.6 Å². The third-order valence-corrected chi connectivity index (χ3v) is 8.37. The van der Waals surface area contributed by atoms with Gasteiger partial charge in [-0.2, -0.15) is 0 Å². The second-order valence-corrected chi connectivity index (χ2v) is 12.1. The summed E-state index contributed by atoms with van der Waals surface area (Å²) in [4.78, 5) is 0. The molecule has 4 atom stereocenters. The Labute approximate surface area is 197 Å². The van der Waals surface area contributed by atoms with Gasteiger partial charge >= 0.3 is 0 Å². The van der Waals surface area contributed by atoms with E-state index in [4.69, 9.17) is 21.1 Å². The zero-order chi connectivity index (χ0) is 22.6. The summed E-state index contributed by atoms with van der Waals surface area (Å²) in [6, 6.07) is 12.5. The van der Waals surface area contributed by atoms with Gasteiger partial charge in [0, 0.05) is 12.1 Å². The number of hydrogen-bond donors (Lipinski definition) is 1. The number of ether oxygens (including phenoxy) is 2. The van der Waals surface area contributed by atoms with Gasteiger partial charge < -0.3 is 14.8 Å². The van der Waals surface area contributed by atoms with E-state index < -0.39 is 0 Å². The van der Waals surface area contributed by atoms with E-state index in [1.165, 1.54) is 44.1 Å². The summed E-state index contributed by atoms with van der Waals surface area (Å²) in [7, 11) is 1.68. The highest BCUT2D eigenvalue weighted by Gasteiger charge is 2.59. The van der Waals surface area contributed by atoms with E-state index >= 15 is 0 Å². The van der Waals surface area contributed by atoms with Crippen molar-refractivity contribution in [3.05, 3.63) is 58.1 Å². The normalized spacial score (nSPS) is 32.8. The monoisotopic (exact) mass is 453 g/mol. The lowest BCUT2D eigenvalue weighted by molar-refractivity contribution is -0.118. The van der Waals surface area contributed by atoms with Crippen molar-refractivity contribution in [3.63, 3.8) is 0 Å². The second kappa shape index (κ2) is 7.95. The summed E-state index contributed by atoms with van der Waals surface area (Å²) in [6.45, 7) is 8.41. The summed E-state index contributed by atoms with van der Waals surface area (Å²) in [6.07, 6.45) is 8.15. The van der Waals surface area contributed by atoms with E-state index in [2.05, 4.69) is 56.4 Å². The molecular weight excluding hydrogens is 418 g/mol. The van der Waals surface area contributed by atoms with Gasteiger partial charge in [-0.15, -0.1) is 0 Å². The Balaban J connectivity index is 1.30. The SMILES string of the molecule is COc1cc(CNC23CC4C[C@@](C)(C2)C[C@](C)(C4)C3)cc(Cl)c1OCc1ccc(C)cc1. The lowest BCUT2D eigenvalue weighted by Crippen LogP contribution is -2.63. The molecule has 4 aliphatic carbocycles. The summed E-state index contributed by atoms with van der Waals surface area (Å²) >= 11 is 6.67. The number of halogens is 1. The maximum atomic E-state index is 6.67. The van der Waals surface area contributed by atoms with Crippen molar-refractivity contribution in [3.8, 4) is 11.5 Å². The summed E-state index contributed by atoms with van der Waals surface area (Å²) in [5.41, 5.74) is 4.78. The summed E-state index contributed by atoms with van der Waals surface area (Å²) < 4.78 is 11.7. The van der Waals surface area contributed by atoms with Gasteiger partial charge in [-0.3, -0.25) is 0 Å². The first-order chi connectivity index (χ1) is 15.2. The van der Waals surface area contributed by atoms with E-state index in [9.17, 15) is 0 Å². The van der Waals surface area contributed by atoms with Crippen molar-refractivity contribution >= 4 is 11.6 Å². The minimum atomic E-state index is 0.267. The Bertz CT molecular complexity index is 983. The first-order valence-corrected chi connectivity index (χ1v) is 12.4. The van der Waals surface area contributed by atoms with Gasteiger partial charge in [0.1, 0.15) is 6.61 Å². The first-order valence-electron chi connectivity index (χ1n) is 12.0. The van der Waals surface area contributed by atoms with Crippen molar-refractivity contribution in [2.24, 2.45) is 16.7 Å². The smallest absolute Gasteiger partial charge is 0.180 e. The van der Waals surface area contributed by atoms with Crippen LogP contribution in [-0.2, 0) is 13.2 Å². The maximum Gasteiger partial charge on any atom is 0.180 e. The molecule has 4 bridgehead atoms. The molecule has 0 radical (unpaired) electrons. The van der Waals surface area contributed by atoms with Gasteiger partial charge in [-0.25, -0.2) is 0 Å². The minimum Gasteiger partial charge on any atom is -0.493 e. The summed E-state index contributed by atoms with van der Waals surface area (Å²) in [5, 5.41) is 4.61. The van der Waals surface area contributed by atoms with Crippen LogP contribution in [0.2, 0.25) is 5.02 Å². The van der Waals surface area contributed by atoms with Gasteiger partial charge in [0.2, 0.25) is 0 Å². The quantitative estimate of drug-likeness (QED) is 0.486. The zero-order valence-corrected chi connectivity index (χ0v) is 20.6. The predicted octanol–water partition coefficient (Wildman–Crippen LogP) is 7.07. The molecule has 172 valence electrons. The van der Waals surface area contributed by atoms with Gasteiger partial charge in [0.25, 0.3) is 0 Å². The van der Waals surface area contributed by atoms with Crippen molar-refractivity contribution in [2.45, 2.75) is 78.0 Å². The van der Waals surface area contributed by atoms with E-state index in [1.54, 1.807) is 7.11 Å². The number of nitrogens with one attached hydrogen (secondary N) is 1. The molecule has 4 saturated carbocycles. The van der Waals surface area contributed by atoms with Crippen LogP contribution < -0.4 is 14.8 Å². The Morgan fingerprint density at radius 3 is 2.28 bits per heavy atom. The molecule has 0 amide bonds. The molecule has 3 nitrogen and oxygen atoms in total. The third-order valence-electron chi connectivity index (χ3n) is 8.09. The number of methoxy groups -OCH3 is 1. The lowest BCUT2D eigenvalue weighted by Gasteiger charge is -2.65. The van der Waals surface area contributed by atoms with E-state index in [-0.39, 0.29) is 5.54 Å². The van der Waals surface area contributed by atoms with Crippen molar-refractivity contribution in [1.29, 1.82) is 0 Å². The van der Waals surface area contributed by atoms with Crippen LogP contribution in [0.4, 0.5) is 0 Å². The lowest BCUT2D eigenvalue weighted by atomic mass is 9.43. The van der Waals surface area contributed by atoms with Crippen LogP contribution in [0, 0.1) is 23.7 Å². The molecule has 2 unspecified atom stereocenters. The fourth-order valence-corrected chi connectivity index (χ4v) is 8.08.